The second-order valence-electron chi connectivity index (χ2n) is 3.53. The third kappa shape index (κ3) is 1.39. The zero-order valence-corrected chi connectivity index (χ0v) is 8.14. The molecule has 4 heteroatoms. The number of fused-ring (bicyclic) bond motifs is 1. The number of carbonyl (C=O) groups excluding carboxylic acids is 1. The van der Waals surface area contributed by atoms with Gasteiger partial charge in [0.25, 0.3) is 0 Å². The van der Waals surface area contributed by atoms with Crippen LogP contribution in [0.15, 0.2) is 18.5 Å². The molecule has 0 unspecified atom stereocenters. The summed E-state index contributed by atoms with van der Waals surface area (Å²) in [6, 6.07) is 1.66. The van der Waals surface area contributed by atoms with Crippen LogP contribution in [0.5, 0.6) is 0 Å². The maximum atomic E-state index is 10.5. The molecule has 0 aliphatic rings. The van der Waals surface area contributed by atoms with E-state index in [1.165, 1.54) is 0 Å². The molecule has 0 amide bonds. The van der Waals surface area contributed by atoms with Crippen LogP contribution in [0.25, 0.3) is 5.65 Å². The molecule has 0 saturated heterocycles. The van der Waals surface area contributed by atoms with Gasteiger partial charge in [-0.15, -0.1) is 0 Å². The van der Waals surface area contributed by atoms with Gasteiger partial charge in [0, 0.05) is 18.5 Å². The normalized spacial score (nSPS) is 11.1. The highest BCUT2D eigenvalue weighted by Gasteiger charge is 2.04. The van der Waals surface area contributed by atoms with Gasteiger partial charge in [0.15, 0.2) is 11.9 Å². The largest absolute Gasteiger partial charge is 0.296 e. The summed E-state index contributed by atoms with van der Waals surface area (Å²) in [6.07, 6.45) is 4.44. The van der Waals surface area contributed by atoms with Gasteiger partial charge in [-0.25, -0.2) is 9.50 Å². The van der Waals surface area contributed by atoms with Crippen LogP contribution in [-0.4, -0.2) is 20.9 Å². The Bertz CT molecular complexity index is 473. The lowest BCUT2D eigenvalue weighted by molar-refractivity contribution is 0.111. The van der Waals surface area contributed by atoms with Gasteiger partial charge in [0.2, 0.25) is 0 Å². The lowest BCUT2D eigenvalue weighted by Crippen LogP contribution is -1.96. The van der Waals surface area contributed by atoms with E-state index in [0.717, 1.165) is 11.8 Å². The SMILES string of the molecule is CC(C)c1cnc2cc(C=O)nn2c1. The highest BCUT2D eigenvalue weighted by Crippen LogP contribution is 2.13. The Kier molecular flexibility index (Phi) is 2.04. The molecule has 0 aliphatic heterocycles. The van der Waals surface area contributed by atoms with E-state index in [2.05, 4.69) is 23.9 Å². The van der Waals surface area contributed by atoms with Gasteiger partial charge in [0.05, 0.1) is 0 Å². The van der Waals surface area contributed by atoms with Gasteiger partial charge in [-0.1, -0.05) is 13.8 Å². The zero-order valence-electron chi connectivity index (χ0n) is 8.14. The van der Waals surface area contributed by atoms with E-state index in [-0.39, 0.29) is 0 Å². The van der Waals surface area contributed by atoms with Gasteiger partial charge < -0.3 is 0 Å². The van der Waals surface area contributed by atoms with Crippen LogP contribution in [0.1, 0.15) is 35.8 Å². The number of rotatable bonds is 2. The molecule has 0 N–H and O–H groups in total. The van der Waals surface area contributed by atoms with Crippen molar-refractivity contribution >= 4 is 11.9 Å². The molecule has 0 aliphatic carbocycles. The molecule has 4 nitrogen and oxygen atoms in total. The Hall–Kier alpha value is -1.71. The van der Waals surface area contributed by atoms with E-state index < -0.39 is 0 Å². The molecular formula is C10H11N3O. The van der Waals surface area contributed by atoms with E-state index >= 15 is 0 Å². The van der Waals surface area contributed by atoms with Crippen LogP contribution in [0.2, 0.25) is 0 Å². The molecule has 14 heavy (non-hydrogen) atoms. The van der Waals surface area contributed by atoms with Crippen LogP contribution in [0.3, 0.4) is 0 Å². The van der Waals surface area contributed by atoms with Gasteiger partial charge in [0.1, 0.15) is 5.69 Å². The van der Waals surface area contributed by atoms with Crippen molar-refractivity contribution in [3.8, 4) is 0 Å². The third-order valence-electron chi connectivity index (χ3n) is 2.14. The van der Waals surface area contributed by atoms with Crippen molar-refractivity contribution in [3.63, 3.8) is 0 Å². The first-order valence-electron chi connectivity index (χ1n) is 4.51. The summed E-state index contributed by atoms with van der Waals surface area (Å²) in [5.41, 5.74) is 2.23. The van der Waals surface area contributed by atoms with E-state index in [4.69, 9.17) is 0 Å². The Labute approximate surface area is 81.6 Å². The number of aldehydes is 1. The first-order chi connectivity index (χ1) is 6.70. The lowest BCUT2D eigenvalue weighted by atomic mass is 10.1. The summed E-state index contributed by atoms with van der Waals surface area (Å²) in [7, 11) is 0. The fourth-order valence-corrected chi connectivity index (χ4v) is 1.27. The molecule has 0 aromatic carbocycles. The molecule has 0 spiro atoms. The predicted octanol–water partition coefficient (Wildman–Crippen LogP) is 1.67. The highest BCUT2D eigenvalue weighted by atomic mass is 16.1. The Balaban J connectivity index is 2.59. The first-order valence-corrected chi connectivity index (χ1v) is 4.51. The molecule has 2 aromatic heterocycles. The summed E-state index contributed by atoms with van der Waals surface area (Å²) in [5.74, 6) is 0.413. The van der Waals surface area contributed by atoms with Crippen molar-refractivity contribution in [2.24, 2.45) is 0 Å². The van der Waals surface area contributed by atoms with Crippen molar-refractivity contribution in [2.45, 2.75) is 19.8 Å². The molecular weight excluding hydrogens is 178 g/mol. The monoisotopic (exact) mass is 189 g/mol. The molecule has 0 atom stereocenters. The summed E-state index contributed by atoms with van der Waals surface area (Å²) in [6.45, 7) is 4.18. The second kappa shape index (κ2) is 3.21. The van der Waals surface area contributed by atoms with Crippen molar-refractivity contribution in [1.82, 2.24) is 14.6 Å². The van der Waals surface area contributed by atoms with Crippen molar-refractivity contribution in [1.29, 1.82) is 0 Å². The summed E-state index contributed by atoms with van der Waals surface area (Å²) in [4.78, 5) is 14.7. The third-order valence-corrected chi connectivity index (χ3v) is 2.14. The lowest BCUT2D eigenvalue weighted by Gasteiger charge is -2.03. The number of hydrogen-bond acceptors (Lipinski definition) is 3. The van der Waals surface area contributed by atoms with Crippen LogP contribution in [0.4, 0.5) is 0 Å². The minimum Gasteiger partial charge on any atom is -0.296 e. The number of carbonyl (C=O) groups is 1. The van der Waals surface area contributed by atoms with Crippen molar-refractivity contribution in [2.75, 3.05) is 0 Å². The molecule has 2 heterocycles. The minimum atomic E-state index is 0.413. The molecule has 0 saturated carbocycles. The van der Waals surface area contributed by atoms with Gasteiger partial charge in [-0.05, 0) is 11.5 Å². The average Bonchev–Trinajstić information content (AvgIpc) is 2.58. The van der Waals surface area contributed by atoms with E-state index in [0.29, 0.717) is 17.3 Å². The fourth-order valence-electron chi connectivity index (χ4n) is 1.27. The number of aromatic nitrogens is 3. The zero-order chi connectivity index (χ0) is 10.1. The van der Waals surface area contributed by atoms with Crippen LogP contribution in [-0.2, 0) is 0 Å². The number of hydrogen-bond donors (Lipinski definition) is 0. The van der Waals surface area contributed by atoms with Crippen LogP contribution in [0, 0.1) is 0 Å². The van der Waals surface area contributed by atoms with Crippen LogP contribution < -0.4 is 0 Å². The number of nitrogens with zero attached hydrogens (tertiary/aromatic N) is 3. The highest BCUT2D eigenvalue weighted by molar-refractivity contribution is 5.73. The van der Waals surface area contributed by atoms with Crippen molar-refractivity contribution in [3.05, 3.63) is 29.7 Å². The maximum absolute atomic E-state index is 10.5. The fraction of sp³-hybridized carbons (Fsp3) is 0.300. The molecule has 2 rings (SSSR count). The Morgan fingerprint density at radius 1 is 1.50 bits per heavy atom. The van der Waals surface area contributed by atoms with Gasteiger partial charge in [-0.2, -0.15) is 5.10 Å². The molecule has 0 fully saturated rings. The van der Waals surface area contributed by atoms with E-state index in [1.807, 2.05) is 12.4 Å². The summed E-state index contributed by atoms with van der Waals surface area (Å²) >= 11 is 0. The maximum Gasteiger partial charge on any atom is 0.170 e. The summed E-state index contributed by atoms with van der Waals surface area (Å²) in [5, 5.41) is 4.06. The van der Waals surface area contributed by atoms with Gasteiger partial charge >= 0.3 is 0 Å². The average molecular weight is 189 g/mol. The smallest absolute Gasteiger partial charge is 0.170 e. The van der Waals surface area contributed by atoms with E-state index in [1.54, 1.807) is 10.6 Å². The van der Waals surface area contributed by atoms with Gasteiger partial charge in [-0.3, -0.25) is 4.79 Å². The topological polar surface area (TPSA) is 47.3 Å². The molecule has 0 bridgehead atoms. The quantitative estimate of drug-likeness (QED) is 0.675. The predicted molar refractivity (Wildman–Crippen MR) is 52.5 cm³/mol. The molecule has 0 radical (unpaired) electrons. The Morgan fingerprint density at radius 2 is 2.29 bits per heavy atom. The van der Waals surface area contributed by atoms with Crippen molar-refractivity contribution < 1.29 is 4.79 Å². The first kappa shape index (κ1) is 8.87. The second-order valence-corrected chi connectivity index (χ2v) is 3.53. The van der Waals surface area contributed by atoms with Crippen LogP contribution >= 0.6 is 0 Å². The standard InChI is InChI=1S/C10H11N3O/c1-7(2)8-4-11-10-3-9(6-14)12-13(10)5-8/h3-7H,1-2H3. The van der Waals surface area contributed by atoms with E-state index in [9.17, 15) is 4.79 Å². The molecule has 2 aromatic rings. The molecule has 72 valence electrons. The summed E-state index contributed by atoms with van der Waals surface area (Å²) < 4.78 is 1.64. The minimum absolute atomic E-state index is 0.413. The Morgan fingerprint density at radius 3 is 2.93 bits per heavy atom.